The normalized spacial score (nSPS) is 10.1. The minimum absolute atomic E-state index is 0.0139. The van der Waals surface area contributed by atoms with Crippen molar-refractivity contribution in [2.24, 2.45) is 0 Å². The van der Waals surface area contributed by atoms with Crippen LogP contribution in [0.2, 0.25) is 0 Å². The van der Waals surface area contributed by atoms with Crippen molar-refractivity contribution in [1.82, 2.24) is 9.97 Å². The van der Waals surface area contributed by atoms with Gasteiger partial charge in [-0.1, -0.05) is 0 Å². The summed E-state index contributed by atoms with van der Waals surface area (Å²) < 4.78 is 9.80. The van der Waals surface area contributed by atoms with E-state index in [1.165, 1.54) is 7.11 Å². The number of carbonyl (C=O) groups is 1. The van der Waals surface area contributed by atoms with Crippen molar-refractivity contribution in [1.29, 1.82) is 0 Å². The molecule has 1 heterocycles. The lowest BCUT2D eigenvalue weighted by atomic mass is 10.4. The maximum atomic E-state index is 11.3. The molecule has 0 saturated heterocycles. The predicted octanol–water partition coefficient (Wildman–Crippen LogP) is 0.666. The summed E-state index contributed by atoms with van der Waals surface area (Å²) in [6.45, 7) is 1.08. The van der Waals surface area contributed by atoms with Gasteiger partial charge in [0.1, 0.15) is 4.60 Å². The first-order chi connectivity index (χ1) is 8.10. The first-order valence-corrected chi connectivity index (χ1v) is 5.53. The highest BCUT2D eigenvalue weighted by atomic mass is 79.9. The summed E-state index contributed by atoms with van der Waals surface area (Å²) >= 11 is 3.19. The molecule has 0 radical (unpaired) electrons. The van der Waals surface area contributed by atoms with E-state index in [0.717, 1.165) is 0 Å². The van der Waals surface area contributed by atoms with E-state index in [0.29, 0.717) is 23.6 Å². The molecule has 0 unspecified atom stereocenters. The average Bonchev–Trinajstić information content (AvgIpc) is 2.32. The number of hydrogen-bond acceptors (Lipinski definition) is 7. The van der Waals surface area contributed by atoms with Crippen LogP contribution in [0.4, 0.5) is 11.6 Å². The van der Waals surface area contributed by atoms with Crippen molar-refractivity contribution in [2.45, 2.75) is 0 Å². The van der Waals surface area contributed by atoms with Crippen molar-refractivity contribution in [2.75, 3.05) is 38.4 Å². The van der Waals surface area contributed by atoms with E-state index in [1.807, 2.05) is 0 Å². The molecule has 0 aromatic carbocycles. The first-order valence-electron chi connectivity index (χ1n) is 4.74. The lowest BCUT2D eigenvalue weighted by Crippen LogP contribution is -2.15. The number of nitrogens with one attached hydrogen (secondary N) is 1. The van der Waals surface area contributed by atoms with E-state index >= 15 is 0 Å². The Hall–Kier alpha value is -1.41. The van der Waals surface area contributed by atoms with E-state index in [1.54, 1.807) is 7.11 Å². The van der Waals surface area contributed by atoms with E-state index in [4.69, 9.17) is 10.5 Å². The van der Waals surface area contributed by atoms with E-state index < -0.39 is 5.97 Å². The zero-order chi connectivity index (χ0) is 12.8. The van der Waals surface area contributed by atoms with Crippen LogP contribution in [0, 0.1) is 0 Å². The van der Waals surface area contributed by atoms with Crippen LogP contribution in [-0.4, -0.2) is 43.3 Å². The summed E-state index contributed by atoms with van der Waals surface area (Å²) in [4.78, 5) is 19.3. The molecule has 0 fully saturated rings. The summed E-state index contributed by atoms with van der Waals surface area (Å²) in [7, 11) is 2.85. The molecule has 17 heavy (non-hydrogen) atoms. The number of esters is 1. The van der Waals surface area contributed by atoms with Crippen molar-refractivity contribution < 1.29 is 14.3 Å². The van der Waals surface area contributed by atoms with Gasteiger partial charge in [-0.15, -0.1) is 0 Å². The van der Waals surface area contributed by atoms with Gasteiger partial charge in [-0.05, 0) is 15.9 Å². The second-order valence-electron chi connectivity index (χ2n) is 3.01. The Balaban J connectivity index is 2.89. The standard InChI is InChI=1S/C9H13BrN4O3/c1-16-4-3-12-8-6(10)13-5(7(11)14-8)9(15)17-2/h3-4H2,1-2H3,(H3,11,12,14). The largest absolute Gasteiger partial charge is 0.464 e. The molecular weight excluding hydrogens is 292 g/mol. The molecule has 0 bridgehead atoms. The van der Waals surface area contributed by atoms with Gasteiger partial charge in [0.15, 0.2) is 17.3 Å². The summed E-state index contributed by atoms with van der Waals surface area (Å²) in [5.74, 6) is -0.161. The maximum absolute atomic E-state index is 11.3. The molecule has 0 amide bonds. The highest BCUT2D eigenvalue weighted by molar-refractivity contribution is 9.10. The molecule has 3 N–H and O–H groups in total. The van der Waals surface area contributed by atoms with E-state index in [-0.39, 0.29) is 11.5 Å². The number of ether oxygens (including phenoxy) is 2. The number of carbonyl (C=O) groups excluding carboxylic acids is 1. The third kappa shape index (κ3) is 3.53. The third-order valence-corrected chi connectivity index (χ3v) is 2.41. The number of hydrogen-bond donors (Lipinski definition) is 2. The van der Waals surface area contributed by atoms with Crippen LogP contribution in [-0.2, 0) is 9.47 Å². The van der Waals surface area contributed by atoms with Gasteiger partial charge in [-0.2, -0.15) is 0 Å². The predicted molar refractivity (Wildman–Crippen MR) is 65.8 cm³/mol. The van der Waals surface area contributed by atoms with Gasteiger partial charge in [0.2, 0.25) is 0 Å². The number of nitrogens with two attached hydrogens (primary N) is 1. The van der Waals surface area contributed by atoms with Crippen molar-refractivity contribution >= 4 is 33.5 Å². The van der Waals surface area contributed by atoms with Crippen LogP contribution in [0.15, 0.2) is 4.60 Å². The number of nitrogens with zero attached hydrogens (tertiary/aromatic N) is 2. The topological polar surface area (TPSA) is 99.4 Å². The highest BCUT2D eigenvalue weighted by Crippen LogP contribution is 2.21. The molecule has 1 aromatic rings. The van der Waals surface area contributed by atoms with E-state index in [9.17, 15) is 4.79 Å². The monoisotopic (exact) mass is 304 g/mol. The van der Waals surface area contributed by atoms with Crippen LogP contribution >= 0.6 is 15.9 Å². The molecule has 7 nitrogen and oxygen atoms in total. The fourth-order valence-electron chi connectivity index (χ4n) is 1.06. The molecule has 0 saturated carbocycles. The lowest BCUT2D eigenvalue weighted by Gasteiger charge is -2.09. The molecular formula is C9H13BrN4O3. The first kappa shape index (κ1) is 13.7. The molecule has 1 aromatic heterocycles. The molecule has 0 spiro atoms. The highest BCUT2D eigenvalue weighted by Gasteiger charge is 2.16. The minimum atomic E-state index is -0.626. The number of rotatable bonds is 5. The van der Waals surface area contributed by atoms with Crippen molar-refractivity contribution in [3.63, 3.8) is 0 Å². The number of halogens is 1. The van der Waals surface area contributed by atoms with Gasteiger partial charge in [0, 0.05) is 13.7 Å². The summed E-state index contributed by atoms with van der Waals surface area (Å²) in [5.41, 5.74) is 5.59. The average molecular weight is 305 g/mol. The molecule has 0 aliphatic heterocycles. The number of anilines is 2. The van der Waals surface area contributed by atoms with E-state index in [2.05, 4.69) is 36.0 Å². The molecule has 1 rings (SSSR count). The molecule has 0 aliphatic carbocycles. The van der Waals surface area contributed by atoms with Gasteiger partial charge in [0.05, 0.1) is 13.7 Å². The Bertz CT molecular complexity index is 413. The molecule has 8 heteroatoms. The van der Waals surface area contributed by atoms with Crippen LogP contribution in [0.1, 0.15) is 10.5 Å². The van der Waals surface area contributed by atoms with Gasteiger partial charge < -0.3 is 20.5 Å². The Morgan fingerprint density at radius 3 is 2.76 bits per heavy atom. The Labute approximate surface area is 107 Å². The van der Waals surface area contributed by atoms with Crippen molar-refractivity contribution in [3.8, 4) is 0 Å². The number of nitrogen functional groups attached to an aromatic ring is 1. The molecule has 0 atom stereocenters. The van der Waals surface area contributed by atoms with Gasteiger partial charge in [-0.3, -0.25) is 0 Å². The van der Waals surface area contributed by atoms with Crippen LogP contribution in [0.5, 0.6) is 0 Å². The van der Waals surface area contributed by atoms with Gasteiger partial charge in [-0.25, -0.2) is 14.8 Å². The Morgan fingerprint density at radius 1 is 1.47 bits per heavy atom. The summed E-state index contributed by atoms with van der Waals surface area (Å²) in [6, 6.07) is 0. The zero-order valence-corrected chi connectivity index (χ0v) is 11.1. The molecule has 0 aliphatic rings. The Kier molecular flexibility index (Phi) is 5.11. The zero-order valence-electron chi connectivity index (χ0n) is 9.49. The lowest BCUT2D eigenvalue weighted by molar-refractivity contribution is 0.0595. The van der Waals surface area contributed by atoms with Gasteiger partial charge in [0.25, 0.3) is 0 Å². The van der Waals surface area contributed by atoms with Gasteiger partial charge >= 0.3 is 5.97 Å². The molecule has 94 valence electrons. The third-order valence-electron chi connectivity index (χ3n) is 1.86. The van der Waals surface area contributed by atoms with Crippen molar-refractivity contribution in [3.05, 3.63) is 10.3 Å². The van der Waals surface area contributed by atoms with Crippen LogP contribution in [0.3, 0.4) is 0 Å². The fraction of sp³-hybridized carbons (Fsp3) is 0.444. The Morgan fingerprint density at radius 2 is 2.18 bits per heavy atom. The number of methoxy groups -OCH3 is 2. The maximum Gasteiger partial charge on any atom is 0.360 e. The summed E-state index contributed by atoms with van der Waals surface area (Å²) in [6.07, 6.45) is 0. The fourth-order valence-corrected chi connectivity index (χ4v) is 1.46. The summed E-state index contributed by atoms with van der Waals surface area (Å²) in [5, 5.41) is 2.96. The second-order valence-corrected chi connectivity index (χ2v) is 3.76. The number of aromatic nitrogens is 2. The second kappa shape index (κ2) is 6.36. The SMILES string of the molecule is COCCNc1nc(N)c(C(=O)OC)nc1Br. The van der Waals surface area contributed by atoms with Crippen LogP contribution in [0.25, 0.3) is 0 Å². The van der Waals surface area contributed by atoms with Crippen LogP contribution < -0.4 is 11.1 Å². The smallest absolute Gasteiger partial charge is 0.360 e. The quantitative estimate of drug-likeness (QED) is 0.609. The minimum Gasteiger partial charge on any atom is -0.464 e.